The first kappa shape index (κ1) is 16.5. The van der Waals surface area contributed by atoms with E-state index in [1.807, 2.05) is 42.5 Å². The Balaban J connectivity index is 1.84. The summed E-state index contributed by atoms with van der Waals surface area (Å²) in [4.78, 5) is 4.32. The molecule has 1 N–H and O–H groups in total. The molecule has 0 saturated heterocycles. The third-order valence-electron chi connectivity index (χ3n) is 4.33. The Labute approximate surface area is 156 Å². The summed E-state index contributed by atoms with van der Waals surface area (Å²) in [5, 5.41) is 8.33. The van der Waals surface area contributed by atoms with Gasteiger partial charge in [-0.1, -0.05) is 29.8 Å². The molecule has 0 amide bonds. The van der Waals surface area contributed by atoms with Gasteiger partial charge in [0.15, 0.2) is 0 Å². The smallest absolute Gasteiger partial charge is 0.226 e. The molecular weight excluding hydrogens is 352 g/mol. The molecular formula is C19H17ClN4O2. The predicted octanol–water partition coefficient (Wildman–Crippen LogP) is 4.00. The van der Waals surface area contributed by atoms with E-state index in [1.54, 1.807) is 18.9 Å². The number of aromatic nitrogens is 3. The Hall–Kier alpha value is -2.99. The monoisotopic (exact) mass is 368 g/mol. The molecule has 1 aromatic heterocycles. The average molecular weight is 369 g/mol. The molecule has 1 aliphatic heterocycles. The van der Waals surface area contributed by atoms with E-state index in [9.17, 15) is 0 Å². The molecule has 0 unspecified atom stereocenters. The SMILES string of the molecule is COc1ccc(C2=C[C@H](c3ccccc3Cl)n3ncnc3N2)c(OC)c1. The summed E-state index contributed by atoms with van der Waals surface area (Å²) in [5.74, 6) is 2.08. The lowest BCUT2D eigenvalue weighted by Gasteiger charge is -2.25. The van der Waals surface area contributed by atoms with Crippen LogP contribution in [0.15, 0.2) is 54.9 Å². The second kappa shape index (κ2) is 6.72. The second-order valence-electron chi connectivity index (χ2n) is 5.77. The number of allylic oxidation sites excluding steroid dienone is 1. The minimum absolute atomic E-state index is 0.177. The van der Waals surface area contributed by atoms with Crippen LogP contribution in [0.2, 0.25) is 5.02 Å². The summed E-state index contributed by atoms with van der Waals surface area (Å²) >= 11 is 6.43. The number of rotatable bonds is 4. The number of benzene rings is 2. The number of hydrogen-bond donors (Lipinski definition) is 1. The third kappa shape index (κ3) is 2.78. The number of methoxy groups -OCH3 is 2. The van der Waals surface area contributed by atoms with Gasteiger partial charge in [-0.2, -0.15) is 10.1 Å². The highest BCUT2D eigenvalue weighted by Gasteiger charge is 2.26. The van der Waals surface area contributed by atoms with Gasteiger partial charge in [0.1, 0.15) is 23.9 Å². The molecule has 0 spiro atoms. The van der Waals surface area contributed by atoms with Crippen molar-refractivity contribution in [3.8, 4) is 11.5 Å². The number of halogens is 1. The maximum atomic E-state index is 6.43. The van der Waals surface area contributed by atoms with Gasteiger partial charge >= 0.3 is 0 Å². The van der Waals surface area contributed by atoms with Gasteiger partial charge in [0, 0.05) is 16.7 Å². The van der Waals surface area contributed by atoms with Gasteiger partial charge in [-0.15, -0.1) is 0 Å². The molecule has 7 heteroatoms. The lowest BCUT2D eigenvalue weighted by Crippen LogP contribution is -2.20. The van der Waals surface area contributed by atoms with E-state index in [2.05, 4.69) is 21.5 Å². The quantitative estimate of drug-likeness (QED) is 0.754. The Morgan fingerprint density at radius 1 is 1.12 bits per heavy atom. The van der Waals surface area contributed by atoms with Crippen molar-refractivity contribution >= 4 is 23.2 Å². The number of ether oxygens (including phenoxy) is 2. The summed E-state index contributed by atoms with van der Waals surface area (Å²) in [5.41, 5.74) is 2.72. The summed E-state index contributed by atoms with van der Waals surface area (Å²) in [6.45, 7) is 0. The zero-order valence-electron chi connectivity index (χ0n) is 14.3. The maximum absolute atomic E-state index is 6.43. The van der Waals surface area contributed by atoms with Crippen molar-refractivity contribution in [2.75, 3.05) is 19.5 Å². The van der Waals surface area contributed by atoms with Crippen LogP contribution in [0.4, 0.5) is 5.95 Å². The summed E-state index contributed by atoms with van der Waals surface area (Å²) < 4.78 is 12.6. The van der Waals surface area contributed by atoms with E-state index in [4.69, 9.17) is 21.1 Å². The number of nitrogens with one attached hydrogen (secondary N) is 1. The minimum atomic E-state index is -0.177. The Kier molecular flexibility index (Phi) is 4.26. The minimum Gasteiger partial charge on any atom is -0.497 e. The van der Waals surface area contributed by atoms with Crippen LogP contribution in [0, 0.1) is 0 Å². The zero-order chi connectivity index (χ0) is 18.1. The van der Waals surface area contributed by atoms with Gasteiger partial charge in [0.05, 0.1) is 19.9 Å². The molecule has 3 aromatic rings. The van der Waals surface area contributed by atoms with Crippen LogP contribution in [0.1, 0.15) is 17.2 Å². The van der Waals surface area contributed by atoms with Crippen LogP contribution in [-0.2, 0) is 0 Å². The van der Waals surface area contributed by atoms with Crippen LogP contribution in [0.3, 0.4) is 0 Å². The number of hydrogen-bond acceptors (Lipinski definition) is 5. The average Bonchev–Trinajstić information content (AvgIpc) is 3.16. The van der Waals surface area contributed by atoms with E-state index in [1.165, 1.54) is 6.33 Å². The van der Waals surface area contributed by atoms with E-state index in [0.717, 1.165) is 22.6 Å². The van der Waals surface area contributed by atoms with E-state index >= 15 is 0 Å². The van der Waals surface area contributed by atoms with Crippen LogP contribution >= 0.6 is 11.6 Å². The number of fused-ring (bicyclic) bond motifs is 1. The topological polar surface area (TPSA) is 61.2 Å². The Bertz CT molecular complexity index is 983. The van der Waals surface area contributed by atoms with Crippen molar-refractivity contribution in [1.29, 1.82) is 0 Å². The molecule has 0 fully saturated rings. The van der Waals surface area contributed by atoms with Crippen molar-refractivity contribution < 1.29 is 9.47 Å². The summed E-state index contributed by atoms with van der Waals surface area (Å²) in [6, 6.07) is 13.2. The molecule has 0 saturated carbocycles. The van der Waals surface area contributed by atoms with Crippen molar-refractivity contribution in [3.63, 3.8) is 0 Å². The van der Waals surface area contributed by atoms with Gasteiger partial charge in [0.2, 0.25) is 5.95 Å². The fourth-order valence-electron chi connectivity index (χ4n) is 3.05. The normalized spacial score (nSPS) is 15.7. The highest BCUT2D eigenvalue weighted by atomic mass is 35.5. The highest BCUT2D eigenvalue weighted by molar-refractivity contribution is 6.31. The molecule has 0 bridgehead atoms. The lowest BCUT2D eigenvalue weighted by molar-refractivity contribution is 0.393. The maximum Gasteiger partial charge on any atom is 0.226 e. The predicted molar refractivity (Wildman–Crippen MR) is 101 cm³/mol. The first-order valence-electron chi connectivity index (χ1n) is 8.06. The summed E-state index contributed by atoms with van der Waals surface area (Å²) in [6.07, 6.45) is 3.58. The first-order chi connectivity index (χ1) is 12.7. The molecule has 132 valence electrons. The molecule has 1 aliphatic rings. The standard InChI is InChI=1S/C19H17ClN4O2/c1-25-12-7-8-14(18(9-12)26-2)16-10-17(13-5-3-4-6-15(13)20)24-19(23-16)21-11-22-24/h3-11,17H,1-2H3,(H,21,22,23)/t17-/m1/s1. The number of anilines is 1. The van der Waals surface area contributed by atoms with Crippen molar-refractivity contribution in [3.05, 3.63) is 71.0 Å². The van der Waals surface area contributed by atoms with Crippen molar-refractivity contribution in [2.45, 2.75) is 6.04 Å². The fraction of sp³-hybridized carbons (Fsp3) is 0.158. The van der Waals surface area contributed by atoms with E-state index < -0.39 is 0 Å². The van der Waals surface area contributed by atoms with E-state index in [-0.39, 0.29) is 6.04 Å². The Morgan fingerprint density at radius 2 is 1.96 bits per heavy atom. The molecule has 26 heavy (non-hydrogen) atoms. The highest BCUT2D eigenvalue weighted by Crippen LogP contribution is 2.38. The molecule has 2 aromatic carbocycles. The van der Waals surface area contributed by atoms with Crippen LogP contribution < -0.4 is 14.8 Å². The van der Waals surface area contributed by atoms with Gasteiger partial charge < -0.3 is 14.8 Å². The van der Waals surface area contributed by atoms with Gasteiger partial charge in [-0.25, -0.2) is 4.68 Å². The lowest BCUT2D eigenvalue weighted by atomic mass is 10.0. The fourth-order valence-corrected chi connectivity index (χ4v) is 3.30. The van der Waals surface area contributed by atoms with Crippen LogP contribution in [0.5, 0.6) is 11.5 Å². The van der Waals surface area contributed by atoms with Gasteiger partial charge in [-0.3, -0.25) is 0 Å². The number of nitrogens with zero attached hydrogens (tertiary/aromatic N) is 3. The molecule has 4 rings (SSSR count). The molecule has 0 aliphatic carbocycles. The third-order valence-corrected chi connectivity index (χ3v) is 4.67. The van der Waals surface area contributed by atoms with Gasteiger partial charge in [0.25, 0.3) is 0 Å². The molecule has 0 radical (unpaired) electrons. The van der Waals surface area contributed by atoms with Crippen LogP contribution in [-0.4, -0.2) is 29.0 Å². The Morgan fingerprint density at radius 3 is 2.73 bits per heavy atom. The van der Waals surface area contributed by atoms with Gasteiger partial charge in [-0.05, 0) is 29.8 Å². The summed E-state index contributed by atoms with van der Waals surface area (Å²) in [7, 11) is 3.26. The zero-order valence-corrected chi connectivity index (χ0v) is 15.1. The molecule has 6 nitrogen and oxygen atoms in total. The molecule has 2 heterocycles. The first-order valence-corrected chi connectivity index (χ1v) is 8.44. The van der Waals surface area contributed by atoms with Crippen molar-refractivity contribution in [2.24, 2.45) is 0 Å². The molecule has 1 atom stereocenters. The van der Waals surface area contributed by atoms with Crippen LogP contribution in [0.25, 0.3) is 5.70 Å². The largest absolute Gasteiger partial charge is 0.497 e. The second-order valence-corrected chi connectivity index (χ2v) is 6.17. The van der Waals surface area contributed by atoms with Crippen molar-refractivity contribution in [1.82, 2.24) is 14.8 Å². The van der Waals surface area contributed by atoms with E-state index in [0.29, 0.717) is 16.7 Å².